The number of para-hydroxylation sites is 1. The van der Waals surface area contributed by atoms with E-state index in [4.69, 9.17) is 42.6 Å². The molecule has 0 spiro atoms. The third-order valence-electron chi connectivity index (χ3n) is 15.7. The van der Waals surface area contributed by atoms with Crippen molar-refractivity contribution in [3.63, 3.8) is 0 Å². The summed E-state index contributed by atoms with van der Waals surface area (Å²) in [5, 5.41) is 5.76. The fourth-order valence-electron chi connectivity index (χ4n) is 11.0. The Kier molecular flexibility index (Phi) is 23.4. The number of esters is 5. The molecule has 4 aliphatic carbocycles. The number of benzene rings is 2. The Hall–Kier alpha value is -5.63. The third kappa shape index (κ3) is 17.2. The number of thioether (sulfide) groups is 2. The molecule has 80 heavy (non-hydrogen) atoms. The molecule has 6 aliphatic rings. The van der Waals surface area contributed by atoms with Gasteiger partial charge in [-0.2, -0.15) is 10.1 Å². The van der Waals surface area contributed by atoms with Crippen LogP contribution in [-0.4, -0.2) is 112 Å². The summed E-state index contributed by atoms with van der Waals surface area (Å²) in [6.45, 7) is 11.4. The zero-order valence-corrected chi connectivity index (χ0v) is 47.8. The van der Waals surface area contributed by atoms with Gasteiger partial charge in [-0.15, -0.1) is 0 Å². The molecule has 434 valence electrons. The molecule has 0 bridgehead atoms. The number of nitrogens with zero attached hydrogens (tertiary/aromatic N) is 2. The Morgan fingerprint density at radius 1 is 0.575 bits per heavy atom. The highest BCUT2D eigenvalue weighted by molar-refractivity contribution is 8.25. The molecular weight excluding hydrogens is 1060 g/mol. The van der Waals surface area contributed by atoms with Gasteiger partial charge in [0.2, 0.25) is 0 Å². The number of amides is 1. The average molecular weight is 1140 g/mol. The van der Waals surface area contributed by atoms with E-state index in [0.717, 1.165) is 150 Å². The second kappa shape index (κ2) is 31.0. The quantitative estimate of drug-likeness (QED) is 0.0353. The molecule has 2 aliphatic heterocycles. The standard InChI is InChI=1S/C61H78N2O15S2/c1-4-51(64)73-36-12-10-34-71-45-28-20-42(21-29-45)58(67)77-47-24-16-40(17-25-47)38-75-49-32-33-50(56-55(49)79-61(80-56)53-54(60(69)70-6-3)62-63(57(53)66)44-14-8-7-9-15-44)76-39-41-18-26-48(27-19-41)78-59(68)43-22-30-46(31-23-43)72-35-11-13-37-74-52(65)5-2/h4-5,7-9,14-15,32-33,40-43,45-48H,1-2,6,10-13,16-31,34-39H2,3H3. The molecule has 2 heterocycles. The highest BCUT2D eigenvalue weighted by Gasteiger charge is 2.42. The van der Waals surface area contributed by atoms with Crippen LogP contribution in [0.3, 0.4) is 0 Å². The zero-order valence-electron chi connectivity index (χ0n) is 46.2. The Morgan fingerprint density at radius 3 is 1.45 bits per heavy atom. The first kappa shape index (κ1) is 60.5. The zero-order chi connectivity index (χ0) is 56.2. The molecule has 17 nitrogen and oxygen atoms in total. The SMILES string of the molecule is C=CC(=O)OCCCCOC1CCC(C(=O)OC2CCC(COc3ccc(OCC4CCC(OC(=O)C5CCC(OCCCCOC(=O)C=C)CC5)CC4)c4c3SC(=C3C(=O)N(c5ccccc5)N=C3C(=O)OCC)S4)CC2)CC1. The van der Waals surface area contributed by atoms with Crippen LogP contribution in [0.2, 0.25) is 0 Å². The molecule has 2 aromatic rings. The van der Waals surface area contributed by atoms with Crippen molar-refractivity contribution < 1.29 is 71.4 Å². The minimum atomic E-state index is -0.686. The van der Waals surface area contributed by atoms with Gasteiger partial charge in [0.25, 0.3) is 5.91 Å². The minimum Gasteiger partial charge on any atom is -0.492 e. The van der Waals surface area contributed by atoms with E-state index in [-0.39, 0.29) is 77.9 Å². The van der Waals surface area contributed by atoms with Crippen LogP contribution in [0.25, 0.3) is 0 Å². The van der Waals surface area contributed by atoms with Crippen molar-refractivity contribution in [1.82, 2.24) is 0 Å². The minimum absolute atomic E-state index is 0.0605. The maximum atomic E-state index is 14.3. The molecule has 0 unspecified atom stereocenters. The average Bonchev–Trinajstić information content (AvgIpc) is 4.12. The van der Waals surface area contributed by atoms with Gasteiger partial charge in [-0.3, -0.25) is 14.4 Å². The summed E-state index contributed by atoms with van der Waals surface area (Å²) >= 11 is 2.73. The Morgan fingerprint density at radius 2 is 1.01 bits per heavy atom. The number of hydrogen-bond donors (Lipinski definition) is 0. The number of hydrogen-bond acceptors (Lipinski definition) is 18. The van der Waals surface area contributed by atoms with E-state index in [1.807, 2.05) is 18.2 Å². The number of hydrazone groups is 1. The molecule has 2 aromatic carbocycles. The van der Waals surface area contributed by atoms with Gasteiger partial charge in [0.05, 0.1) is 82.4 Å². The van der Waals surface area contributed by atoms with Crippen molar-refractivity contribution in [3.8, 4) is 11.5 Å². The van der Waals surface area contributed by atoms with Crippen LogP contribution < -0.4 is 14.5 Å². The monoisotopic (exact) mass is 1140 g/mol. The largest absolute Gasteiger partial charge is 0.492 e. The van der Waals surface area contributed by atoms with E-state index >= 15 is 0 Å². The summed E-state index contributed by atoms with van der Waals surface area (Å²) in [5.74, 6) is -0.668. The Balaban J connectivity index is 0.828. The number of ether oxygens (including phenoxy) is 9. The molecule has 4 fully saturated rings. The van der Waals surface area contributed by atoms with Crippen LogP contribution >= 0.6 is 23.5 Å². The Labute approximate surface area is 478 Å². The lowest BCUT2D eigenvalue weighted by Crippen LogP contribution is -2.32. The summed E-state index contributed by atoms with van der Waals surface area (Å²) in [6.07, 6.45) is 17.9. The normalized spacial score (nSPS) is 24.7. The van der Waals surface area contributed by atoms with Gasteiger partial charge < -0.3 is 42.6 Å². The van der Waals surface area contributed by atoms with E-state index in [2.05, 4.69) is 18.3 Å². The van der Waals surface area contributed by atoms with Crippen molar-refractivity contribution in [2.75, 3.05) is 51.3 Å². The van der Waals surface area contributed by atoms with E-state index in [0.29, 0.717) is 61.1 Å². The van der Waals surface area contributed by atoms with Crippen molar-refractivity contribution >= 4 is 70.7 Å². The Bertz CT molecular complexity index is 2400. The topological polar surface area (TPSA) is 201 Å². The second-order valence-corrected chi connectivity index (χ2v) is 23.6. The van der Waals surface area contributed by atoms with Gasteiger partial charge in [0.15, 0.2) is 5.71 Å². The lowest BCUT2D eigenvalue weighted by atomic mass is 9.86. The van der Waals surface area contributed by atoms with Crippen molar-refractivity contribution in [3.05, 3.63) is 77.6 Å². The van der Waals surface area contributed by atoms with Gasteiger partial charge in [-0.1, -0.05) is 54.9 Å². The van der Waals surface area contributed by atoms with Gasteiger partial charge in [-0.05, 0) is 171 Å². The smallest absolute Gasteiger partial charge is 0.359 e. The van der Waals surface area contributed by atoms with Crippen LogP contribution in [0, 0.1) is 23.7 Å². The number of carbonyl (C=O) groups is 6. The summed E-state index contributed by atoms with van der Waals surface area (Å²) in [6, 6.07) is 12.8. The lowest BCUT2D eigenvalue weighted by molar-refractivity contribution is -0.159. The van der Waals surface area contributed by atoms with Crippen LogP contribution in [0.15, 0.2) is 92.5 Å². The predicted molar refractivity (Wildman–Crippen MR) is 302 cm³/mol. The van der Waals surface area contributed by atoms with E-state index in [1.165, 1.54) is 28.5 Å². The summed E-state index contributed by atoms with van der Waals surface area (Å²) in [5.41, 5.74) is 0.624. The summed E-state index contributed by atoms with van der Waals surface area (Å²) < 4.78 is 53.6. The fraction of sp³-hybridized carbons (Fsp3) is 0.590. The molecule has 1 amide bonds. The van der Waals surface area contributed by atoms with Crippen molar-refractivity contribution in [1.29, 1.82) is 0 Å². The van der Waals surface area contributed by atoms with Crippen LogP contribution in [0.1, 0.15) is 135 Å². The molecule has 0 N–H and O–H groups in total. The predicted octanol–water partition coefficient (Wildman–Crippen LogP) is 11.2. The molecule has 0 saturated heterocycles. The number of unbranched alkanes of at least 4 members (excludes halogenated alkanes) is 2. The fourth-order valence-corrected chi connectivity index (χ4v) is 13.7. The van der Waals surface area contributed by atoms with Gasteiger partial charge in [-0.25, -0.2) is 14.4 Å². The molecule has 8 rings (SSSR count). The van der Waals surface area contributed by atoms with E-state index < -0.39 is 23.8 Å². The maximum Gasteiger partial charge on any atom is 0.359 e. The molecule has 19 heteroatoms. The molecule has 0 radical (unpaired) electrons. The van der Waals surface area contributed by atoms with Gasteiger partial charge in [0, 0.05) is 25.4 Å². The first-order valence-corrected chi connectivity index (χ1v) is 30.5. The van der Waals surface area contributed by atoms with Gasteiger partial charge in [0.1, 0.15) is 23.7 Å². The number of fused-ring (bicyclic) bond motifs is 1. The van der Waals surface area contributed by atoms with Crippen LogP contribution in [0.4, 0.5) is 5.69 Å². The number of anilines is 1. The van der Waals surface area contributed by atoms with Gasteiger partial charge >= 0.3 is 29.8 Å². The van der Waals surface area contributed by atoms with Crippen LogP contribution in [-0.2, 0) is 61.9 Å². The van der Waals surface area contributed by atoms with Crippen molar-refractivity contribution in [2.24, 2.45) is 28.8 Å². The van der Waals surface area contributed by atoms with Crippen LogP contribution in [0.5, 0.6) is 11.5 Å². The highest BCUT2D eigenvalue weighted by Crippen LogP contribution is 2.60. The molecule has 0 aromatic heterocycles. The van der Waals surface area contributed by atoms with E-state index in [1.54, 1.807) is 31.2 Å². The number of carbonyl (C=O) groups excluding carboxylic acids is 6. The molecular formula is C61H78N2O15S2. The lowest BCUT2D eigenvalue weighted by Gasteiger charge is -2.31. The maximum absolute atomic E-state index is 14.3. The van der Waals surface area contributed by atoms with E-state index in [9.17, 15) is 28.8 Å². The first-order valence-electron chi connectivity index (χ1n) is 28.9. The molecule has 4 saturated carbocycles. The number of rotatable bonds is 27. The third-order valence-corrected chi connectivity index (χ3v) is 18.3. The highest BCUT2D eigenvalue weighted by atomic mass is 32.2. The first-order chi connectivity index (χ1) is 39.0. The second-order valence-electron chi connectivity index (χ2n) is 21.3. The van der Waals surface area contributed by atoms with Crippen molar-refractivity contribution in [2.45, 2.75) is 170 Å². The summed E-state index contributed by atoms with van der Waals surface area (Å²) in [7, 11) is 0. The summed E-state index contributed by atoms with van der Waals surface area (Å²) in [4.78, 5) is 78.4. The molecule has 0 atom stereocenters.